The van der Waals surface area contributed by atoms with E-state index in [-0.39, 0.29) is 24.5 Å². The molecule has 2 aliphatic rings. The summed E-state index contributed by atoms with van der Waals surface area (Å²) in [6.45, 7) is 3.68. The highest BCUT2D eigenvalue weighted by Gasteiger charge is 2.56. The van der Waals surface area contributed by atoms with Crippen molar-refractivity contribution < 1.29 is 23.2 Å². The summed E-state index contributed by atoms with van der Waals surface area (Å²) in [6, 6.07) is 0. The molecule has 5 heteroatoms. The zero-order valence-electron chi connectivity index (χ0n) is 9.25. The van der Waals surface area contributed by atoms with Crippen LogP contribution in [-0.4, -0.2) is 47.7 Å². The molecule has 1 unspecified atom stereocenters. The van der Waals surface area contributed by atoms with E-state index < -0.39 is 11.9 Å². The minimum absolute atomic E-state index is 0.0660. The Morgan fingerprint density at radius 3 is 2.62 bits per heavy atom. The summed E-state index contributed by atoms with van der Waals surface area (Å²) >= 11 is 0. The lowest BCUT2D eigenvalue weighted by Crippen LogP contribution is -2.48. The monoisotopic (exact) mass is 232 g/mol. The van der Waals surface area contributed by atoms with Crippen LogP contribution in [0.15, 0.2) is 11.6 Å². The first-order chi connectivity index (χ1) is 7.32. The Bertz CT molecular complexity index is 342. The summed E-state index contributed by atoms with van der Waals surface area (Å²) in [5, 5.41) is 8.73. The molecule has 0 amide bonds. The molecule has 0 bridgehead atoms. The van der Waals surface area contributed by atoms with E-state index in [0.29, 0.717) is 11.0 Å². The highest BCUT2D eigenvalue weighted by molar-refractivity contribution is 5.85. The molecule has 2 fully saturated rings. The number of rotatable bonds is 2. The van der Waals surface area contributed by atoms with Gasteiger partial charge < -0.3 is 9.59 Å². The zero-order chi connectivity index (χ0) is 12.0. The molecule has 1 N–H and O–H groups in total. The number of halogens is 2. The van der Waals surface area contributed by atoms with E-state index in [1.165, 1.54) is 13.0 Å². The molecule has 2 heterocycles. The molecule has 16 heavy (non-hydrogen) atoms. The lowest BCUT2D eigenvalue weighted by Gasteiger charge is -2.34. The van der Waals surface area contributed by atoms with Crippen LogP contribution in [0.5, 0.6) is 0 Å². The van der Waals surface area contributed by atoms with E-state index in [2.05, 4.69) is 0 Å². The molecule has 3 nitrogen and oxygen atoms in total. The first kappa shape index (κ1) is 11.5. The second-order valence-corrected chi connectivity index (χ2v) is 5.10. The lowest BCUT2D eigenvalue weighted by molar-refractivity contribution is -0.820. The normalized spacial score (nSPS) is 31.4. The third-order valence-corrected chi connectivity index (χ3v) is 3.43. The van der Waals surface area contributed by atoms with Crippen LogP contribution >= 0.6 is 0 Å². The first-order valence-corrected chi connectivity index (χ1v) is 5.47. The van der Waals surface area contributed by atoms with Crippen molar-refractivity contribution >= 4 is 5.97 Å². The van der Waals surface area contributed by atoms with Gasteiger partial charge in [-0.05, 0) is 6.92 Å². The van der Waals surface area contributed by atoms with Crippen molar-refractivity contribution in [3.63, 3.8) is 0 Å². The van der Waals surface area contributed by atoms with Crippen molar-refractivity contribution in [2.45, 2.75) is 19.3 Å². The summed E-state index contributed by atoms with van der Waals surface area (Å²) < 4.78 is 27.4. The average molecular weight is 232 g/mol. The van der Waals surface area contributed by atoms with E-state index in [9.17, 15) is 13.6 Å². The van der Waals surface area contributed by atoms with Crippen LogP contribution in [0.25, 0.3) is 0 Å². The van der Waals surface area contributed by atoms with Crippen LogP contribution in [-0.2, 0) is 4.79 Å². The second kappa shape index (κ2) is 3.52. The summed E-state index contributed by atoms with van der Waals surface area (Å²) in [5.41, 5.74) is 0.169. The van der Waals surface area contributed by atoms with Crippen LogP contribution in [0, 0.1) is 5.92 Å². The number of carboxylic acids is 1. The first-order valence-electron chi connectivity index (χ1n) is 5.47. The molecule has 0 aliphatic carbocycles. The quantitative estimate of drug-likeness (QED) is 0.445. The molecule has 0 radical (unpaired) electrons. The molecular weight excluding hydrogens is 216 g/mol. The Morgan fingerprint density at radius 2 is 2.12 bits per heavy atom. The highest BCUT2D eigenvalue weighted by Crippen LogP contribution is 2.40. The van der Waals surface area contributed by atoms with Crippen LogP contribution in [0.1, 0.15) is 13.3 Å². The summed E-state index contributed by atoms with van der Waals surface area (Å²) in [6.07, 6.45) is 1.28. The Balaban J connectivity index is 2.11. The Hall–Kier alpha value is -0.970. The van der Waals surface area contributed by atoms with Crippen LogP contribution in [0.3, 0.4) is 0 Å². The minimum Gasteiger partial charge on any atom is -0.478 e. The van der Waals surface area contributed by atoms with Gasteiger partial charge in [-0.1, -0.05) is 6.08 Å². The van der Waals surface area contributed by atoms with Gasteiger partial charge in [-0.2, -0.15) is 0 Å². The Labute approximate surface area is 92.9 Å². The predicted octanol–water partition coefficient (Wildman–Crippen LogP) is 1.50. The number of aliphatic carboxylic acids is 1. The standard InChI is InChI=1S/C11H15F2NO2/c1-8(10(15)16)4-9-5-11(12,13)7-14(6-9)2-3-14/h4,9H,2-3,5-7H2,1H3/p+1/b8-4+. The molecule has 2 aliphatic heterocycles. The Kier molecular flexibility index (Phi) is 2.53. The van der Waals surface area contributed by atoms with Crippen LogP contribution < -0.4 is 0 Å². The molecule has 0 aromatic rings. The maximum atomic E-state index is 13.4. The van der Waals surface area contributed by atoms with Crippen molar-refractivity contribution in [1.29, 1.82) is 0 Å². The molecule has 2 rings (SSSR count). The molecular formula is C11H16F2NO2+. The number of piperidine rings is 1. The molecule has 90 valence electrons. The third-order valence-electron chi connectivity index (χ3n) is 3.43. The topological polar surface area (TPSA) is 37.3 Å². The molecule has 0 saturated carbocycles. The molecule has 0 aromatic heterocycles. The number of carboxylic acid groups (broad SMARTS) is 1. The van der Waals surface area contributed by atoms with Gasteiger partial charge in [0.2, 0.25) is 0 Å². The maximum absolute atomic E-state index is 13.4. The van der Waals surface area contributed by atoms with Gasteiger partial charge >= 0.3 is 5.97 Å². The van der Waals surface area contributed by atoms with Crippen molar-refractivity contribution in [2.24, 2.45) is 5.92 Å². The molecule has 1 spiro atoms. The number of quaternary nitrogens is 1. The van der Waals surface area contributed by atoms with Gasteiger partial charge in [0.1, 0.15) is 19.6 Å². The van der Waals surface area contributed by atoms with E-state index >= 15 is 0 Å². The van der Waals surface area contributed by atoms with Crippen molar-refractivity contribution in [1.82, 2.24) is 0 Å². The number of hydrogen-bond donors (Lipinski definition) is 1. The highest BCUT2D eigenvalue weighted by atomic mass is 19.3. The number of hydrogen-bond acceptors (Lipinski definition) is 1. The average Bonchev–Trinajstić information content (AvgIpc) is 2.80. The molecule has 2 saturated heterocycles. The van der Waals surface area contributed by atoms with Gasteiger partial charge in [-0.25, -0.2) is 13.6 Å². The number of carbonyl (C=O) groups is 1. The summed E-state index contributed by atoms with van der Waals surface area (Å²) in [5.74, 6) is -3.97. The van der Waals surface area contributed by atoms with Gasteiger partial charge in [0.25, 0.3) is 5.92 Å². The number of nitrogens with zero attached hydrogens (tertiary/aromatic N) is 1. The summed E-state index contributed by atoms with van der Waals surface area (Å²) in [7, 11) is 0. The van der Waals surface area contributed by atoms with Gasteiger partial charge in [-0.15, -0.1) is 0 Å². The van der Waals surface area contributed by atoms with Gasteiger partial charge in [-0.3, -0.25) is 0 Å². The fourth-order valence-electron chi connectivity index (χ4n) is 2.58. The third kappa shape index (κ3) is 2.40. The zero-order valence-corrected chi connectivity index (χ0v) is 9.25. The van der Waals surface area contributed by atoms with Crippen molar-refractivity contribution in [3.05, 3.63) is 11.6 Å². The maximum Gasteiger partial charge on any atom is 0.330 e. The molecule has 1 atom stereocenters. The fraction of sp³-hybridized carbons (Fsp3) is 0.727. The SMILES string of the molecule is C/C(=C\C1CC(F)(F)C[N+]2(CC2)C1)C(=O)O. The van der Waals surface area contributed by atoms with Crippen molar-refractivity contribution in [2.75, 3.05) is 26.2 Å². The largest absolute Gasteiger partial charge is 0.478 e. The van der Waals surface area contributed by atoms with Crippen LogP contribution in [0.4, 0.5) is 8.78 Å². The van der Waals surface area contributed by atoms with Gasteiger partial charge in [0, 0.05) is 17.9 Å². The fourth-order valence-corrected chi connectivity index (χ4v) is 2.58. The smallest absolute Gasteiger partial charge is 0.330 e. The van der Waals surface area contributed by atoms with Gasteiger partial charge in [0.05, 0.1) is 6.54 Å². The minimum atomic E-state index is -2.64. The van der Waals surface area contributed by atoms with Crippen LogP contribution in [0.2, 0.25) is 0 Å². The second-order valence-electron chi connectivity index (χ2n) is 5.10. The van der Waals surface area contributed by atoms with E-state index in [1.807, 2.05) is 0 Å². The molecule has 0 aromatic carbocycles. The lowest BCUT2D eigenvalue weighted by atomic mass is 9.93. The van der Waals surface area contributed by atoms with Crippen molar-refractivity contribution in [3.8, 4) is 0 Å². The number of alkyl halides is 2. The van der Waals surface area contributed by atoms with E-state index in [4.69, 9.17) is 5.11 Å². The van der Waals surface area contributed by atoms with Gasteiger partial charge in [0.15, 0.2) is 0 Å². The van der Waals surface area contributed by atoms with E-state index in [0.717, 1.165) is 13.1 Å². The van der Waals surface area contributed by atoms with E-state index in [1.54, 1.807) is 0 Å². The summed E-state index contributed by atoms with van der Waals surface area (Å²) in [4.78, 5) is 10.7. The predicted molar refractivity (Wildman–Crippen MR) is 54.2 cm³/mol. The Morgan fingerprint density at radius 1 is 1.50 bits per heavy atom.